The Morgan fingerprint density at radius 2 is 0.839 bits per heavy atom. The molecule has 0 aromatic heterocycles. The Bertz CT molecular complexity index is 371. The van der Waals surface area contributed by atoms with Gasteiger partial charge in [-0.2, -0.15) is 0 Å². The second-order valence-corrected chi connectivity index (χ2v) is 25.7. The van der Waals surface area contributed by atoms with Crippen molar-refractivity contribution in [3.8, 4) is 0 Å². The highest BCUT2D eigenvalue weighted by molar-refractivity contribution is 9.15. The minimum atomic E-state index is -2.54. The SMILES string of the molecule is CCO[Si](CCCS[P+](C)(S)SCCC[Si](OCC)(OCC)OCC)(OCC)OCC. The van der Waals surface area contributed by atoms with E-state index in [1.165, 1.54) is 0 Å². The van der Waals surface area contributed by atoms with Gasteiger partial charge in [0, 0.05) is 98.2 Å². The van der Waals surface area contributed by atoms with Crippen molar-refractivity contribution in [3.05, 3.63) is 0 Å². The third-order valence-electron chi connectivity index (χ3n) is 4.10. The maximum Gasteiger partial charge on any atom is 0.500 e. The molecule has 0 saturated carbocycles. The van der Waals surface area contributed by atoms with Gasteiger partial charge in [0.25, 0.3) is 0 Å². The molecule has 0 fully saturated rings. The summed E-state index contributed by atoms with van der Waals surface area (Å²) in [5, 5.41) is 0. The molecular formula is C19H46O6PS3Si2+. The predicted molar refractivity (Wildman–Crippen MR) is 147 cm³/mol. The van der Waals surface area contributed by atoms with Gasteiger partial charge >= 0.3 is 17.6 Å². The van der Waals surface area contributed by atoms with Gasteiger partial charge in [-0.15, -0.1) is 0 Å². The summed E-state index contributed by atoms with van der Waals surface area (Å²) in [6.45, 7) is 18.1. The van der Waals surface area contributed by atoms with Crippen molar-refractivity contribution in [2.45, 2.75) is 66.5 Å². The molecule has 0 atom stereocenters. The van der Waals surface area contributed by atoms with Gasteiger partial charge in [-0.05, 0) is 54.4 Å². The van der Waals surface area contributed by atoms with Crippen molar-refractivity contribution in [2.75, 3.05) is 57.8 Å². The lowest BCUT2D eigenvalue weighted by molar-refractivity contribution is 0.0704. The minimum absolute atomic E-state index is 0.628. The van der Waals surface area contributed by atoms with E-state index in [-0.39, 0.29) is 0 Å². The van der Waals surface area contributed by atoms with E-state index in [4.69, 9.17) is 38.8 Å². The summed E-state index contributed by atoms with van der Waals surface area (Å²) in [5.74, 6) is 2.08. The van der Waals surface area contributed by atoms with Crippen LogP contribution >= 0.6 is 39.9 Å². The molecule has 0 aromatic rings. The average molecular weight is 554 g/mol. The largest absolute Gasteiger partial charge is 0.500 e. The first-order valence-electron chi connectivity index (χ1n) is 11.5. The van der Waals surface area contributed by atoms with Gasteiger partial charge in [-0.25, -0.2) is 0 Å². The van der Waals surface area contributed by atoms with Crippen LogP contribution in [0.3, 0.4) is 0 Å². The highest BCUT2D eigenvalue weighted by atomic mass is 33.4. The van der Waals surface area contributed by atoms with E-state index in [9.17, 15) is 0 Å². The monoisotopic (exact) mass is 553 g/mol. The first-order valence-corrected chi connectivity index (χ1v) is 21.9. The van der Waals surface area contributed by atoms with E-state index in [1.807, 2.05) is 64.3 Å². The molecule has 0 aliphatic carbocycles. The Balaban J connectivity index is 4.46. The van der Waals surface area contributed by atoms with Crippen molar-refractivity contribution < 1.29 is 26.6 Å². The molecule has 0 aliphatic rings. The van der Waals surface area contributed by atoms with Crippen LogP contribution in [0.5, 0.6) is 0 Å². The van der Waals surface area contributed by atoms with Crippen molar-refractivity contribution in [1.82, 2.24) is 0 Å². The molecule has 6 nitrogen and oxygen atoms in total. The zero-order valence-corrected chi connectivity index (χ0v) is 26.1. The van der Waals surface area contributed by atoms with Gasteiger partial charge in [-0.3, -0.25) is 0 Å². The molecule has 0 rings (SSSR count). The van der Waals surface area contributed by atoms with Gasteiger partial charge in [0.2, 0.25) is 0 Å². The number of thiol groups is 1. The summed E-state index contributed by atoms with van der Waals surface area (Å²) in [4.78, 5) is -1.39. The lowest BCUT2D eigenvalue weighted by Gasteiger charge is -2.28. The van der Waals surface area contributed by atoms with E-state index in [0.29, 0.717) is 39.6 Å². The maximum atomic E-state index is 5.95. The van der Waals surface area contributed by atoms with Crippen LogP contribution in [0, 0.1) is 0 Å². The molecule has 0 N–H and O–H groups in total. The smallest absolute Gasteiger partial charge is 0.374 e. The van der Waals surface area contributed by atoms with Crippen molar-refractivity contribution in [1.29, 1.82) is 0 Å². The van der Waals surface area contributed by atoms with Gasteiger partial charge < -0.3 is 26.6 Å². The lowest BCUT2D eigenvalue weighted by Crippen LogP contribution is -2.46. The fraction of sp³-hybridized carbons (Fsp3) is 1.00. The van der Waals surface area contributed by atoms with Crippen molar-refractivity contribution in [3.63, 3.8) is 0 Å². The van der Waals surface area contributed by atoms with Gasteiger partial charge in [0.05, 0.1) is 6.66 Å². The summed E-state index contributed by atoms with van der Waals surface area (Å²) < 4.78 is 35.7. The minimum Gasteiger partial charge on any atom is -0.374 e. The standard InChI is InChI=1S/C19H46O6PS3Si2/c1-8-20-30(21-9-2,22-10-3)18-14-16-28-26(7,27)29-17-15-19-31(23-11-4,24-12-5)25-13-6/h27H,8-19H2,1-7H3/q+1. The van der Waals surface area contributed by atoms with Crippen LogP contribution < -0.4 is 0 Å². The Kier molecular flexibility index (Phi) is 20.0. The van der Waals surface area contributed by atoms with E-state index >= 15 is 0 Å². The molecule has 0 bridgehead atoms. The molecule has 0 aromatic carbocycles. The Labute approximate surface area is 207 Å². The van der Waals surface area contributed by atoms with Crippen LogP contribution in [0.25, 0.3) is 0 Å². The highest BCUT2D eigenvalue weighted by Gasteiger charge is 2.42. The molecule has 188 valence electrons. The summed E-state index contributed by atoms with van der Waals surface area (Å²) >= 11 is 8.95. The van der Waals surface area contributed by atoms with Crippen LogP contribution in [0.15, 0.2) is 0 Å². The number of rotatable bonds is 22. The molecule has 0 radical (unpaired) electrons. The van der Waals surface area contributed by atoms with Crippen molar-refractivity contribution >= 4 is 57.5 Å². The van der Waals surface area contributed by atoms with Gasteiger partial charge in [-0.1, -0.05) is 0 Å². The lowest BCUT2D eigenvalue weighted by atomic mass is 10.6. The molecular weight excluding hydrogens is 508 g/mol. The first kappa shape index (κ1) is 32.7. The molecule has 31 heavy (non-hydrogen) atoms. The van der Waals surface area contributed by atoms with Crippen LogP contribution in [0.2, 0.25) is 12.1 Å². The zero-order chi connectivity index (χ0) is 23.6. The highest BCUT2D eigenvalue weighted by Crippen LogP contribution is 2.80. The topological polar surface area (TPSA) is 55.4 Å². The Hall–Kier alpha value is 1.67. The third-order valence-corrected chi connectivity index (χ3v) is 20.3. The van der Waals surface area contributed by atoms with E-state index in [1.54, 1.807) is 0 Å². The predicted octanol–water partition coefficient (Wildman–Crippen LogP) is 6.65. The summed E-state index contributed by atoms with van der Waals surface area (Å²) in [5.41, 5.74) is 0. The number of hydrogen-bond donors (Lipinski definition) is 1. The second-order valence-electron chi connectivity index (χ2n) is 6.64. The number of hydrogen-bond acceptors (Lipinski definition) is 9. The molecule has 0 unspecified atom stereocenters. The van der Waals surface area contributed by atoms with E-state index < -0.39 is 22.5 Å². The van der Waals surface area contributed by atoms with Crippen LogP contribution in [-0.2, 0) is 26.6 Å². The normalized spacial score (nSPS) is 13.2. The summed E-state index contributed by atoms with van der Waals surface area (Å²) in [6.07, 6.45) is 2.03. The molecule has 0 heterocycles. The zero-order valence-electron chi connectivity index (χ0n) is 20.6. The third kappa shape index (κ3) is 14.6. The summed E-state index contributed by atoms with van der Waals surface area (Å²) in [6, 6.07) is 1.72. The Morgan fingerprint density at radius 1 is 0.581 bits per heavy atom. The molecule has 0 aliphatic heterocycles. The first-order chi connectivity index (χ1) is 14.8. The van der Waals surface area contributed by atoms with E-state index in [0.717, 1.165) is 36.4 Å². The molecule has 12 heteroatoms. The van der Waals surface area contributed by atoms with Crippen molar-refractivity contribution in [2.24, 2.45) is 0 Å². The quantitative estimate of drug-likeness (QED) is 0.0692. The maximum absolute atomic E-state index is 5.95. The molecule has 0 spiro atoms. The fourth-order valence-corrected chi connectivity index (χ4v) is 16.6. The van der Waals surface area contributed by atoms with Gasteiger partial charge in [0.1, 0.15) is 0 Å². The van der Waals surface area contributed by atoms with E-state index in [2.05, 4.69) is 6.66 Å². The summed E-state index contributed by atoms with van der Waals surface area (Å²) in [7, 11) is -5.08. The second kappa shape index (κ2) is 18.9. The Morgan fingerprint density at radius 3 is 1.06 bits per heavy atom. The average Bonchev–Trinajstić information content (AvgIpc) is 2.70. The molecule has 0 amide bonds. The van der Waals surface area contributed by atoms with Crippen LogP contribution in [0.1, 0.15) is 54.4 Å². The fourth-order valence-electron chi connectivity index (χ4n) is 3.08. The molecule has 0 saturated heterocycles. The van der Waals surface area contributed by atoms with Crippen LogP contribution in [-0.4, -0.2) is 75.4 Å². The van der Waals surface area contributed by atoms with Gasteiger partial charge in [0.15, 0.2) is 4.87 Å². The van der Waals surface area contributed by atoms with Crippen LogP contribution in [0.4, 0.5) is 0 Å².